The van der Waals surface area contributed by atoms with Crippen LogP contribution in [0.25, 0.3) is 0 Å². The van der Waals surface area contributed by atoms with Gasteiger partial charge in [-0.15, -0.1) is 5.92 Å². The maximum Gasteiger partial charge on any atom is 0.319 e. The molecule has 0 saturated carbocycles. The van der Waals surface area contributed by atoms with Crippen molar-refractivity contribution in [3.63, 3.8) is 0 Å². The van der Waals surface area contributed by atoms with Crippen LogP contribution in [0.15, 0.2) is 24.3 Å². The van der Waals surface area contributed by atoms with E-state index < -0.39 is 5.97 Å². The Labute approximate surface area is 112 Å². The Kier molecular flexibility index (Phi) is 5.96. The number of aryl methyl sites for hydroxylation is 1. The van der Waals surface area contributed by atoms with E-state index in [0.29, 0.717) is 18.7 Å². The van der Waals surface area contributed by atoms with Crippen molar-refractivity contribution >= 4 is 17.7 Å². The molecule has 100 valence electrons. The quantitative estimate of drug-likeness (QED) is 0.707. The van der Waals surface area contributed by atoms with E-state index in [1.165, 1.54) is 0 Å². The number of nitrogens with one attached hydrogen (secondary N) is 2. The molecule has 5 nitrogen and oxygen atoms in total. The van der Waals surface area contributed by atoms with Gasteiger partial charge in [0.25, 0.3) is 0 Å². The Balaban J connectivity index is 2.44. The Bertz CT molecular complexity index is 498. The van der Waals surface area contributed by atoms with E-state index in [4.69, 9.17) is 5.11 Å². The molecule has 0 bridgehead atoms. The Morgan fingerprint density at radius 3 is 2.53 bits per heavy atom. The highest BCUT2D eigenvalue weighted by Gasteiger charge is 2.02. The molecule has 0 atom stereocenters. The van der Waals surface area contributed by atoms with E-state index in [9.17, 15) is 9.59 Å². The summed E-state index contributed by atoms with van der Waals surface area (Å²) < 4.78 is 0. The van der Waals surface area contributed by atoms with Gasteiger partial charge in [0.15, 0.2) is 0 Å². The minimum atomic E-state index is -0.821. The minimum absolute atomic E-state index is 0.100. The molecule has 0 saturated heterocycles. The summed E-state index contributed by atoms with van der Waals surface area (Å²) in [6.45, 7) is 2.01. The molecule has 1 rings (SSSR count). The second-order valence-corrected chi connectivity index (χ2v) is 3.83. The SMILES string of the molecule is CC#CCNC(=O)Nc1ccc(CCC(=O)O)cc1. The van der Waals surface area contributed by atoms with Crippen LogP contribution in [0, 0.1) is 11.8 Å². The van der Waals surface area contributed by atoms with Gasteiger partial charge in [0.1, 0.15) is 0 Å². The molecule has 0 unspecified atom stereocenters. The van der Waals surface area contributed by atoms with Crippen molar-refractivity contribution in [3.05, 3.63) is 29.8 Å². The number of rotatable bonds is 5. The molecule has 1 aromatic rings. The van der Waals surface area contributed by atoms with Gasteiger partial charge in [0, 0.05) is 12.1 Å². The van der Waals surface area contributed by atoms with Crippen molar-refractivity contribution in [1.82, 2.24) is 5.32 Å². The number of carboxylic acid groups (broad SMARTS) is 1. The van der Waals surface area contributed by atoms with Gasteiger partial charge < -0.3 is 15.7 Å². The molecule has 0 aliphatic rings. The van der Waals surface area contributed by atoms with Crippen LogP contribution in [0.5, 0.6) is 0 Å². The summed E-state index contributed by atoms with van der Waals surface area (Å²) in [5, 5.41) is 13.8. The largest absolute Gasteiger partial charge is 0.481 e. The Morgan fingerprint density at radius 1 is 1.26 bits per heavy atom. The summed E-state index contributed by atoms with van der Waals surface area (Å²) >= 11 is 0. The van der Waals surface area contributed by atoms with E-state index in [2.05, 4.69) is 22.5 Å². The van der Waals surface area contributed by atoms with E-state index >= 15 is 0 Å². The smallest absolute Gasteiger partial charge is 0.319 e. The van der Waals surface area contributed by atoms with Crippen molar-refractivity contribution in [1.29, 1.82) is 0 Å². The molecule has 0 heterocycles. The number of aliphatic carboxylic acids is 1. The monoisotopic (exact) mass is 260 g/mol. The lowest BCUT2D eigenvalue weighted by molar-refractivity contribution is -0.136. The molecule has 1 aromatic carbocycles. The second kappa shape index (κ2) is 7.77. The van der Waals surface area contributed by atoms with Crippen molar-refractivity contribution in [2.75, 3.05) is 11.9 Å². The summed E-state index contributed by atoms with van der Waals surface area (Å²) in [6.07, 6.45) is 0.580. The molecule has 5 heteroatoms. The van der Waals surface area contributed by atoms with Crippen molar-refractivity contribution in [2.45, 2.75) is 19.8 Å². The van der Waals surface area contributed by atoms with Crippen LogP contribution in [0.2, 0.25) is 0 Å². The molecule has 0 aliphatic heterocycles. The average molecular weight is 260 g/mol. The van der Waals surface area contributed by atoms with Gasteiger partial charge in [-0.3, -0.25) is 4.79 Å². The molecule has 0 aliphatic carbocycles. The van der Waals surface area contributed by atoms with Gasteiger partial charge in [-0.05, 0) is 31.0 Å². The minimum Gasteiger partial charge on any atom is -0.481 e. The van der Waals surface area contributed by atoms with E-state index in [1.807, 2.05) is 0 Å². The number of carbonyl (C=O) groups excluding carboxylic acids is 1. The molecule has 0 aromatic heterocycles. The number of benzene rings is 1. The molecule has 3 N–H and O–H groups in total. The number of hydrogen-bond donors (Lipinski definition) is 3. The van der Waals surface area contributed by atoms with Crippen LogP contribution in [-0.4, -0.2) is 23.7 Å². The summed E-state index contributed by atoms with van der Waals surface area (Å²) in [5.41, 5.74) is 1.58. The van der Waals surface area contributed by atoms with Gasteiger partial charge in [-0.25, -0.2) is 4.79 Å². The van der Waals surface area contributed by atoms with Gasteiger partial charge in [0.2, 0.25) is 0 Å². The molecule has 0 spiro atoms. The lowest BCUT2D eigenvalue weighted by Gasteiger charge is -2.06. The van der Waals surface area contributed by atoms with Crippen LogP contribution in [0.1, 0.15) is 18.9 Å². The Morgan fingerprint density at radius 2 is 1.95 bits per heavy atom. The predicted molar refractivity (Wildman–Crippen MR) is 72.9 cm³/mol. The number of hydrogen-bond acceptors (Lipinski definition) is 2. The third-order valence-corrected chi connectivity index (χ3v) is 2.35. The van der Waals surface area contributed by atoms with Crippen molar-refractivity contribution < 1.29 is 14.7 Å². The fourth-order valence-corrected chi connectivity index (χ4v) is 1.39. The molecule has 2 amide bonds. The molecule has 0 radical (unpaired) electrons. The summed E-state index contributed by atoms with van der Waals surface area (Å²) in [5.74, 6) is 4.58. The first kappa shape index (κ1) is 14.6. The van der Waals surface area contributed by atoms with Gasteiger partial charge in [0.05, 0.1) is 6.54 Å². The van der Waals surface area contributed by atoms with Crippen LogP contribution >= 0.6 is 0 Å². The van der Waals surface area contributed by atoms with Crippen LogP contribution in [0.4, 0.5) is 10.5 Å². The predicted octanol–water partition coefficient (Wildman–Crippen LogP) is 1.85. The van der Waals surface area contributed by atoms with Crippen LogP contribution in [0.3, 0.4) is 0 Å². The van der Waals surface area contributed by atoms with Crippen LogP contribution < -0.4 is 10.6 Å². The molecular formula is C14H16N2O3. The second-order valence-electron chi connectivity index (χ2n) is 3.83. The summed E-state index contributed by atoms with van der Waals surface area (Å²) in [4.78, 5) is 21.9. The highest BCUT2D eigenvalue weighted by molar-refractivity contribution is 5.89. The number of carboxylic acids is 1. The zero-order chi connectivity index (χ0) is 14.1. The maximum atomic E-state index is 11.4. The van der Waals surface area contributed by atoms with Gasteiger partial charge in [-0.1, -0.05) is 18.1 Å². The number of anilines is 1. The zero-order valence-corrected chi connectivity index (χ0v) is 10.7. The fourth-order valence-electron chi connectivity index (χ4n) is 1.39. The highest BCUT2D eigenvalue weighted by Crippen LogP contribution is 2.10. The van der Waals surface area contributed by atoms with Crippen molar-refractivity contribution in [3.8, 4) is 11.8 Å². The topological polar surface area (TPSA) is 78.4 Å². The first-order valence-corrected chi connectivity index (χ1v) is 5.87. The van der Waals surface area contributed by atoms with Crippen molar-refractivity contribution in [2.24, 2.45) is 0 Å². The first-order valence-electron chi connectivity index (χ1n) is 5.87. The molecule has 19 heavy (non-hydrogen) atoms. The lowest BCUT2D eigenvalue weighted by atomic mass is 10.1. The number of amides is 2. The maximum absolute atomic E-state index is 11.4. The normalized spacial score (nSPS) is 9.11. The van der Waals surface area contributed by atoms with E-state index in [0.717, 1.165) is 5.56 Å². The third-order valence-electron chi connectivity index (χ3n) is 2.35. The first-order chi connectivity index (χ1) is 9.11. The number of urea groups is 1. The van der Waals surface area contributed by atoms with Crippen LogP contribution in [-0.2, 0) is 11.2 Å². The fraction of sp³-hybridized carbons (Fsp3) is 0.286. The summed E-state index contributed by atoms with van der Waals surface area (Å²) in [7, 11) is 0. The lowest BCUT2D eigenvalue weighted by Crippen LogP contribution is -2.28. The van der Waals surface area contributed by atoms with Gasteiger partial charge in [-0.2, -0.15) is 0 Å². The standard InChI is InChI=1S/C14H16N2O3/c1-2-3-10-15-14(19)16-12-7-4-11(5-8-12)6-9-13(17)18/h4-5,7-8H,6,9-10H2,1H3,(H,17,18)(H2,15,16,19). The van der Waals surface area contributed by atoms with E-state index in [-0.39, 0.29) is 12.5 Å². The van der Waals surface area contributed by atoms with Gasteiger partial charge >= 0.3 is 12.0 Å². The molecular weight excluding hydrogens is 244 g/mol. The summed E-state index contributed by atoms with van der Waals surface area (Å²) in [6, 6.07) is 6.75. The zero-order valence-electron chi connectivity index (χ0n) is 10.7. The average Bonchev–Trinajstić information content (AvgIpc) is 2.38. The highest BCUT2D eigenvalue weighted by atomic mass is 16.4. The third kappa shape index (κ3) is 6.13. The number of carbonyl (C=O) groups is 2. The van der Waals surface area contributed by atoms with E-state index in [1.54, 1.807) is 31.2 Å². The Hall–Kier alpha value is -2.48. The molecule has 0 fully saturated rings.